The van der Waals surface area contributed by atoms with E-state index in [1.165, 1.54) is 5.56 Å². The summed E-state index contributed by atoms with van der Waals surface area (Å²) < 4.78 is 0. The molecule has 0 saturated carbocycles. The van der Waals surface area contributed by atoms with E-state index in [0.717, 1.165) is 17.3 Å². The van der Waals surface area contributed by atoms with Gasteiger partial charge >= 0.3 is 0 Å². The van der Waals surface area contributed by atoms with Crippen molar-refractivity contribution in [3.63, 3.8) is 0 Å². The lowest BCUT2D eigenvalue weighted by molar-refractivity contribution is 0.924. The molecule has 3 nitrogen and oxygen atoms in total. The maximum absolute atomic E-state index is 5.86. The number of anilines is 3. The molecule has 0 unspecified atom stereocenters. The Morgan fingerprint density at radius 1 is 1.00 bits per heavy atom. The fourth-order valence-corrected chi connectivity index (χ4v) is 1.88. The van der Waals surface area contributed by atoms with Crippen LogP contribution >= 0.6 is 11.6 Å². The molecule has 0 aliphatic heterocycles. The van der Waals surface area contributed by atoms with Crippen LogP contribution in [0.4, 0.5) is 17.1 Å². The molecule has 0 radical (unpaired) electrons. The molecular formula is C14H16ClN3. The van der Waals surface area contributed by atoms with Crippen molar-refractivity contribution in [1.82, 2.24) is 0 Å². The van der Waals surface area contributed by atoms with E-state index >= 15 is 0 Å². The second-order valence-corrected chi connectivity index (χ2v) is 4.73. The molecule has 0 aliphatic rings. The van der Waals surface area contributed by atoms with Crippen molar-refractivity contribution < 1.29 is 0 Å². The van der Waals surface area contributed by atoms with Crippen LogP contribution in [0.15, 0.2) is 42.5 Å². The molecule has 0 spiro atoms. The van der Waals surface area contributed by atoms with Gasteiger partial charge in [0, 0.05) is 24.3 Å². The highest BCUT2D eigenvalue weighted by Crippen LogP contribution is 2.23. The highest BCUT2D eigenvalue weighted by atomic mass is 35.5. The van der Waals surface area contributed by atoms with Crippen molar-refractivity contribution in [2.45, 2.75) is 6.54 Å². The van der Waals surface area contributed by atoms with Gasteiger partial charge in [-0.1, -0.05) is 23.7 Å². The summed E-state index contributed by atoms with van der Waals surface area (Å²) in [7, 11) is 2.01. The smallest absolute Gasteiger partial charge is 0.0568 e. The molecule has 0 heterocycles. The van der Waals surface area contributed by atoms with E-state index in [9.17, 15) is 0 Å². The molecule has 2 rings (SSSR count). The average Bonchev–Trinajstić information content (AvgIpc) is 2.35. The summed E-state index contributed by atoms with van der Waals surface area (Å²) in [6, 6.07) is 13.5. The summed E-state index contributed by atoms with van der Waals surface area (Å²) in [5.74, 6) is 0. The van der Waals surface area contributed by atoms with E-state index in [2.05, 4.69) is 4.90 Å². The van der Waals surface area contributed by atoms with Gasteiger partial charge in [-0.3, -0.25) is 0 Å². The Morgan fingerprint density at radius 3 is 2.28 bits per heavy atom. The molecule has 94 valence electrons. The van der Waals surface area contributed by atoms with Gasteiger partial charge in [0.2, 0.25) is 0 Å². The Balaban J connectivity index is 2.13. The van der Waals surface area contributed by atoms with Crippen LogP contribution in [0, 0.1) is 0 Å². The molecule has 0 bridgehead atoms. The van der Waals surface area contributed by atoms with Gasteiger partial charge in [-0.25, -0.2) is 0 Å². The van der Waals surface area contributed by atoms with Crippen molar-refractivity contribution >= 4 is 28.7 Å². The number of benzene rings is 2. The van der Waals surface area contributed by atoms with E-state index in [-0.39, 0.29) is 0 Å². The maximum atomic E-state index is 5.86. The monoisotopic (exact) mass is 261 g/mol. The predicted molar refractivity (Wildman–Crippen MR) is 78.8 cm³/mol. The van der Waals surface area contributed by atoms with E-state index < -0.39 is 0 Å². The van der Waals surface area contributed by atoms with Crippen LogP contribution in [-0.2, 0) is 6.54 Å². The summed E-state index contributed by atoms with van der Waals surface area (Å²) in [5, 5.41) is 0.748. The number of halogens is 1. The van der Waals surface area contributed by atoms with E-state index in [0.29, 0.717) is 11.4 Å². The standard InChI is InChI=1S/C14H16ClN3/c1-18(9-10-2-4-11(15)5-3-10)12-6-7-13(16)14(17)8-12/h2-8H,9,16-17H2,1H3. The predicted octanol–water partition coefficient (Wildman–Crippen LogP) is 3.14. The molecule has 4 N–H and O–H groups in total. The molecule has 2 aromatic rings. The van der Waals surface area contributed by atoms with E-state index in [1.54, 1.807) is 0 Å². The lowest BCUT2D eigenvalue weighted by Gasteiger charge is -2.20. The number of rotatable bonds is 3. The van der Waals surface area contributed by atoms with Crippen molar-refractivity contribution in [2.24, 2.45) is 0 Å². The summed E-state index contributed by atoms with van der Waals surface area (Å²) in [6.07, 6.45) is 0. The Bertz CT molecular complexity index is 537. The number of hydrogen-bond acceptors (Lipinski definition) is 3. The summed E-state index contributed by atoms with van der Waals surface area (Å²) >= 11 is 5.86. The molecular weight excluding hydrogens is 246 g/mol. The topological polar surface area (TPSA) is 55.3 Å². The minimum atomic E-state index is 0.607. The summed E-state index contributed by atoms with van der Waals surface area (Å²) in [6.45, 7) is 0.792. The first-order valence-electron chi connectivity index (χ1n) is 5.67. The SMILES string of the molecule is CN(Cc1ccc(Cl)cc1)c1ccc(N)c(N)c1. The molecule has 0 aliphatic carbocycles. The quantitative estimate of drug-likeness (QED) is 0.835. The van der Waals surface area contributed by atoms with Gasteiger partial charge in [0.25, 0.3) is 0 Å². The normalized spacial score (nSPS) is 10.3. The van der Waals surface area contributed by atoms with Crippen LogP contribution in [0.25, 0.3) is 0 Å². The lowest BCUT2D eigenvalue weighted by atomic mass is 10.2. The Hall–Kier alpha value is -1.87. The zero-order valence-corrected chi connectivity index (χ0v) is 11.0. The molecule has 0 fully saturated rings. The van der Waals surface area contributed by atoms with Gasteiger partial charge in [0.1, 0.15) is 0 Å². The van der Waals surface area contributed by atoms with Gasteiger partial charge < -0.3 is 16.4 Å². The highest BCUT2D eigenvalue weighted by molar-refractivity contribution is 6.30. The van der Waals surface area contributed by atoms with Crippen LogP contribution in [0.3, 0.4) is 0 Å². The van der Waals surface area contributed by atoms with Gasteiger partial charge in [0.15, 0.2) is 0 Å². The van der Waals surface area contributed by atoms with Crippen LogP contribution in [0.1, 0.15) is 5.56 Å². The number of nitrogen functional groups attached to an aromatic ring is 2. The van der Waals surface area contributed by atoms with Crippen molar-refractivity contribution in [3.8, 4) is 0 Å². The fraction of sp³-hybridized carbons (Fsp3) is 0.143. The largest absolute Gasteiger partial charge is 0.397 e. The number of nitrogens with two attached hydrogens (primary N) is 2. The fourth-order valence-electron chi connectivity index (χ4n) is 1.75. The van der Waals surface area contributed by atoms with Gasteiger partial charge in [-0.15, -0.1) is 0 Å². The third-order valence-electron chi connectivity index (χ3n) is 2.84. The maximum Gasteiger partial charge on any atom is 0.0568 e. The molecule has 0 amide bonds. The third kappa shape index (κ3) is 2.87. The first kappa shape index (κ1) is 12.6. The zero-order valence-electron chi connectivity index (χ0n) is 10.2. The number of nitrogens with zero attached hydrogens (tertiary/aromatic N) is 1. The van der Waals surface area contributed by atoms with Crippen molar-refractivity contribution in [2.75, 3.05) is 23.4 Å². The molecule has 2 aromatic carbocycles. The van der Waals surface area contributed by atoms with Gasteiger partial charge in [0.05, 0.1) is 11.4 Å². The van der Waals surface area contributed by atoms with Crippen LogP contribution in [0.5, 0.6) is 0 Å². The van der Waals surface area contributed by atoms with Crippen molar-refractivity contribution in [3.05, 3.63) is 53.1 Å². The second-order valence-electron chi connectivity index (χ2n) is 4.30. The average molecular weight is 262 g/mol. The molecule has 0 saturated heterocycles. The third-order valence-corrected chi connectivity index (χ3v) is 3.10. The minimum absolute atomic E-state index is 0.607. The molecule has 18 heavy (non-hydrogen) atoms. The number of hydrogen-bond donors (Lipinski definition) is 2. The highest BCUT2D eigenvalue weighted by Gasteiger charge is 2.04. The molecule has 4 heteroatoms. The van der Waals surface area contributed by atoms with Crippen LogP contribution < -0.4 is 16.4 Å². The van der Waals surface area contributed by atoms with E-state index in [1.807, 2.05) is 49.5 Å². The van der Waals surface area contributed by atoms with Gasteiger partial charge in [-0.2, -0.15) is 0 Å². The first-order chi connectivity index (χ1) is 8.56. The van der Waals surface area contributed by atoms with Crippen LogP contribution in [0.2, 0.25) is 5.02 Å². The minimum Gasteiger partial charge on any atom is -0.397 e. The van der Waals surface area contributed by atoms with Crippen molar-refractivity contribution in [1.29, 1.82) is 0 Å². The molecule has 0 atom stereocenters. The van der Waals surface area contributed by atoms with E-state index in [4.69, 9.17) is 23.1 Å². The zero-order chi connectivity index (χ0) is 13.1. The second kappa shape index (κ2) is 5.19. The van der Waals surface area contributed by atoms with Crippen LogP contribution in [-0.4, -0.2) is 7.05 Å². The van der Waals surface area contributed by atoms with Gasteiger partial charge in [-0.05, 0) is 35.9 Å². The lowest BCUT2D eigenvalue weighted by Crippen LogP contribution is -2.16. The Labute approximate surface area is 112 Å². The first-order valence-corrected chi connectivity index (χ1v) is 6.04. The Morgan fingerprint density at radius 2 is 1.67 bits per heavy atom. The molecule has 0 aromatic heterocycles. The Kier molecular flexibility index (Phi) is 3.63. The summed E-state index contributed by atoms with van der Waals surface area (Å²) in [5.41, 5.74) is 14.9. The summed E-state index contributed by atoms with van der Waals surface area (Å²) in [4.78, 5) is 2.11.